The average molecular weight is 391 g/mol. The third-order valence-corrected chi connectivity index (χ3v) is 4.99. The fourth-order valence-corrected chi connectivity index (χ4v) is 3.37. The lowest BCUT2D eigenvalue weighted by atomic mass is 10.1. The smallest absolute Gasteiger partial charge is 0.324 e. The van der Waals surface area contributed by atoms with Gasteiger partial charge in [-0.3, -0.25) is 14.6 Å². The molecule has 0 bridgehead atoms. The molecule has 7 heteroatoms. The molecule has 0 atom stereocenters. The number of amides is 1. The van der Waals surface area contributed by atoms with E-state index in [1.54, 1.807) is 0 Å². The Bertz CT molecular complexity index is 815. The molecule has 3 rings (SSSR count). The molecule has 2 aromatic rings. The van der Waals surface area contributed by atoms with Crippen molar-refractivity contribution in [3.63, 3.8) is 0 Å². The summed E-state index contributed by atoms with van der Waals surface area (Å²) in [7, 11) is 0. The first-order valence-corrected chi connectivity index (χ1v) is 9.28. The van der Waals surface area contributed by atoms with Crippen molar-refractivity contribution in [1.82, 2.24) is 9.80 Å². The maximum absolute atomic E-state index is 13.0. The number of piperazine rings is 1. The van der Waals surface area contributed by atoms with E-state index < -0.39 is 17.6 Å². The Kier molecular flexibility index (Phi) is 6.36. The number of carbonyl (C=O) groups is 1. The highest BCUT2D eigenvalue weighted by molar-refractivity contribution is 5.93. The minimum Gasteiger partial charge on any atom is -0.324 e. The number of nitrogens with one attached hydrogen (secondary N) is 1. The molecular formula is C21H24F3N3O. The van der Waals surface area contributed by atoms with Crippen LogP contribution in [0.15, 0.2) is 48.5 Å². The van der Waals surface area contributed by atoms with E-state index in [0.29, 0.717) is 13.1 Å². The molecule has 0 aliphatic carbocycles. The number of rotatable bonds is 5. The highest BCUT2D eigenvalue weighted by atomic mass is 19.4. The topological polar surface area (TPSA) is 35.6 Å². The zero-order valence-electron chi connectivity index (χ0n) is 15.8. The molecule has 2 aromatic carbocycles. The van der Waals surface area contributed by atoms with Crippen LogP contribution in [0.4, 0.5) is 18.9 Å². The number of benzene rings is 2. The van der Waals surface area contributed by atoms with Gasteiger partial charge in [0.15, 0.2) is 0 Å². The summed E-state index contributed by atoms with van der Waals surface area (Å²) < 4.78 is 39.1. The minimum absolute atomic E-state index is 0.0877. The number of para-hydroxylation sites is 1. The average Bonchev–Trinajstić information content (AvgIpc) is 2.65. The van der Waals surface area contributed by atoms with Crippen LogP contribution in [0.25, 0.3) is 0 Å². The molecule has 28 heavy (non-hydrogen) atoms. The number of alkyl halides is 3. The Labute approximate surface area is 162 Å². The van der Waals surface area contributed by atoms with Gasteiger partial charge in [-0.25, -0.2) is 0 Å². The quantitative estimate of drug-likeness (QED) is 0.843. The Morgan fingerprint density at radius 3 is 2.25 bits per heavy atom. The largest absolute Gasteiger partial charge is 0.418 e. The third kappa shape index (κ3) is 5.33. The molecule has 1 aliphatic heterocycles. The fourth-order valence-electron chi connectivity index (χ4n) is 3.37. The van der Waals surface area contributed by atoms with Crippen molar-refractivity contribution in [3.8, 4) is 0 Å². The predicted molar refractivity (Wildman–Crippen MR) is 103 cm³/mol. The molecular weight excluding hydrogens is 367 g/mol. The number of carbonyl (C=O) groups excluding carboxylic acids is 1. The van der Waals surface area contributed by atoms with Gasteiger partial charge in [-0.15, -0.1) is 0 Å². The molecule has 1 aliphatic rings. The van der Waals surface area contributed by atoms with E-state index in [1.807, 2.05) is 17.0 Å². The van der Waals surface area contributed by atoms with Crippen LogP contribution in [-0.2, 0) is 17.5 Å². The van der Waals surface area contributed by atoms with Gasteiger partial charge >= 0.3 is 6.18 Å². The molecule has 1 saturated heterocycles. The Hall–Kier alpha value is -2.38. The maximum atomic E-state index is 13.0. The summed E-state index contributed by atoms with van der Waals surface area (Å²) in [5.41, 5.74) is 1.52. The second-order valence-electron chi connectivity index (χ2n) is 7.07. The van der Waals surface area contributed by atoms with E-state index in [1.165, 1.54) is 29.3 Å². The fraction of sp³-hybridized carbons (Fsp3) is 0.381. The van der Waals surface area contributed by atoms with Crippen LogP contribution in [-0.4, -0.2) is 48.4 Å². The van der Waals surface area contributed by atoms with E-state index >= 15 is 0 Å². The van der Waals surface area contributed by atoms with Crippen molar-refractivity contribution in [1.29, 1.82) is 0 Å². The molecule has 4 nitrogen and oxygen atoms in total. The summed E-state index contributed by atoms with van der Waals surface area (Å²) in [5.74, 6) is -0.427. The van der Waals surface area contributed by atoms with Crippen LogP contribution >= 0.6 is 0 Å². The summed E-state index contributed by atoms with van der Waals surface area (Å²) in [6.07, 6.45) is -4.49. The van der Waals surface area contributed by atoms with Gasteiger partial charge < -0.3 is 5.32 Å². The Morgan fingerprint density at radius 1 is 0.964 bits per heavy atom. The monoisotopic (exact) mass is 391 g/mol. The molecule has 0 spiro atoms. The van der Waals surface area contributed by atoms with Gasteiger partial charge in [-0.1, -0.05) is 36.4 Å². The summed E-state index contributed by atoms with van der Waals surface area (Å²) >= 11 is 0. The van der Waals surface area contributed by atoms with Gasteiger partial charge in [0, 0.05) is 32.7 Å². The van der Waals surface area contributed by atoms with Gasteiger partial charge in [-0.05, 0) is 30.2 Å². The van der Waals surface area contributed by atoms with Crippen LogP contribution in [0.1, 0.15) is 16.7 Å². The lowest BCUT2D eigenvalue weighted by Crippen LogP contribution is -2.48. The minimum atomic E-state index is -4.49. The molecule has 0 radical (unpaired) electrons. The van der Waals surface area contributed by atoms with Crippen molar-refractivity contribution in [2.45, 2.75) is 19.6 Å². The first-order chi connectivity index (χ1) is 13.3. The normalized spacial score (nSPS) is 16.1. The third-order valence-electron chi connectivity index (χ3n) is 4.99. The Balaban J connectivity index is 1.50. The van der Waals surface area contributed by atoms with Crippen LogP contribution in [0.3, 0.4) is 0 Å². The highest BCUT2D eigenvalue weighted by Crippen LogP contribution is 2.34. The molecule has 0 saturated carbocycles. The summed E-state index contributed by atoms with van der Waals surface area (Å²) in [6.45, 7) is 6.10. The predicted octanol–water partition coefficient (Wildman–Crippen LogP) is 3.77. The molecule has 1 heterocycles. The first kappa shape index (κ1) is 20.4. The zero-order valence-corrected chi connectivity index (χ0v) is 15.8. The standard InChI is InChI=1S/C21H24F3N3O/c1-16-6-2-3-7-17(16)14-26-10-12-27(13-11-26)15-20(28)25-19-9-5-4-8-18(19)21(22,23)24/h2-9H,10-15H2,1H3,(H,25,28). The molecule has 1 fully saturated rings. The van der Waals surface area contributed by atoms with Gasteiger partial charge in [0.05, 0.1) is 17.8 Å². The van der Waals surface area contributed by atoms with E-state index in [0.717, 1.165) is 25.7 Å². The van der Waals surface area contributed by atoms with Crippen LogP contribution < -0.4 is 5.32 Å². The van der Waals surface area contributed by atoms with Crippen molar-refractivity contribution in [2.75, 3.05) is 38.0 Å². The van der Waals surface area contributed by atoms with E-state index in [-0.39, 0.29) is 12.2 Å². The van der Waals surface area contributed by atoms with Gasteiger partial charge in [-0.2, -0.15) is 13.2 Å². The SMILES string of the molecule is Cc1ccccc1CN1CCN(CC(=O)Nc2ccccc2C(F)(F)F)CC1. The second kappa shape index (κ2) is 8.75. The molecule has 150 valence electrons. The van der Waals surface area contributed by atoms with Crippen LogP contribution in [0.2, 0.25) is 0 Å². The number of hydrogen-bond donors (Lipinski definition) is 1. The molecule has 1 N–H and O–H groups in total. The van der Waals surface area contributed by atoms with Crippen molar-refractivity contribution < 1.29 is 18.0 Å². The van der Waals surface area contributed by atoms with Gasteiger partial charge in [0.25, 0.3) is 0 Å². The number of aryl methyl sites for hydroxylation is 1. The van der Waals surface area contributed by atoms with Crippen LogP contribution in [0, 0.1) is 6.92 Å². The summed E-state index contributed by atoms with van der Waals surface area (Å²) in [6, 6.07) is 13.3. The number of hydrogen-bond acceptors (Lipinski definition) is 3. The molecule has 1 amide bonds. The second-order valence-corrected chi connectivity index (χ2v) is 7.07. The van der Waals surface area contributed by atoms with E-state index in [9.17, 15) is 18.0 Å². The molecule has 0 unspecified atom stereocenters. The summed E-state index contributed by atoms with van der Waals surface area (Å²) in [4.78, 5) is 16.5. The van der Waals surface area contributed by atoms with E-state index in [2.05, 4.69) is 29.3 Å². The lowest BCUT2D eigenvalue weighted by molar-refractivity contribution is -0.137. The first-order valence-electron chi connectivity index (χ1n) is 9.28. The van der Waals surface area contributed by atoms with Crippen molar-refractivity contribution >= 4 is 11.6 Å². The lowest BCUT2D eigenvalue weighted by Gasteiger charge is -2.34. The Morgan fingerprint density at radius 2 is 1.57 bits per heavy atom. The number of anilines is 1. The summed E-state index contributed by atoms with van der Waals surface area (Å²) in [5, 5.41) is 2.41. The van der Waals surface area contributed by atoms with Crippen molar-refractivity contribution in [3.05, 3.63) is 65.2 Å². The van der Waals surface area contributed by atoms with Crippen molar-refractivity contribution in [2.24, 2.45) is 0 Å². The van der Waals surface area contributed by atoms with Gasteiger partial charge in [0.1, 0.15) is 0 Å². The highest BCUT2D eigenvalue weighted by Gasteiger charge is 2.33. The number of nitrogens with zero attached hydrogens (tertiary/aromatic N) is 2. The van der Waals surface area contributed by atoms with Crippen LogP contribution in [0.5, 0.6) is 0 Å². The van der Waals surface area contributed by atoms with E-state index in [4.69, 9.17) is 0 Å². The molecule has 0 aromatic heterocycles. The maximum Gasteiger partial charge on any atom is 0.418 e. The number of halogens is 3. The zero-order chi connectivity index (χ0) is 20.1. The van der Waals surface area contributed by atoms with Gasteiger partial charge in [0.2, 0.25) is 5.91 Å².